The van der Waals surface area contributed by atoms with Gasteiger partial charge in [0.15, 0.2) is 0 Å². The van der Waals surface area contributed by atoms with Crippen LogP contribution in [0.5, 0.6) is 5.75 Å². The summed E-state index contributed by atoms with van der Waals surface area (Å²) in [6.07, 6.45) is 5.77. The summed E-state index contributed by atoms with van der Waals surface area (Å²) in [7, 11) is 1.40. The van der Waals surface area contributed by atoms with E-state index in [0.29, 0.717) is 22.9 Å². The fraction of sp³-hybridized carbons (Fsp3) is 0.364. The molecule has 0 unspecified atom stereocenters. The molecule has 1 saturated carbocycles. The van der Waals surface area contributed by atoms with E-state index in [4.69, 9.17) is 19.2 Å². The molecule has 0 bridgehead atoms. The van der Waals surface area contributed by atoms with Crippen molar-refractivity contribution in [2.45, 2.75) is 71.1 Å². The van der Waals surface area contributed by atoms with Crippen LogP contribution in [0.3, 0.4) is 0 Å². The van der Waals surface area contributed by atoms with Crippen LogP contribution in [-0.4, -0.2) is 34.2 Å². The van der Waals surface area contributed by atoms with Crippen LogP contribution in [0.15, 0.2) is 65.1 Å². The van der Waals surface area contributed by atoms with Gasteiger partial charge in [-0.2, -0.15) is 0 Å². The van der Waals surface area contributed by atoms with Crippen LogP contribution in [0, 0.1) is 0 Å². The molecule has 5 rings (SSSR count). The van der Waals surface area contributed by atoms with Crippen LogP contribution in [0.2, 0.25) is 0 Å². The normalized spacial score (nSPS) is 14.2. The summed E-state index contributed by atoms with van der Waals surface area (Å²) in [4.78, 5) is 29.8. The minimum absolute atomic E-state index is 0.285. The number of nitrogens with zero attached hydrogens (tertiary/aromatic N) is 2. The standard InChI is InChI=1S/C33H35BrN2O5/c1-33(2,3)41-32(38)22-12-16-27(34)24(18-22)20-40-26-14-10-21(11-15-26)30-35-28-17-13-23(31(37)39-4)19-29(28)36(30)25-8-6-5-7-9-25/h10-19,25H,5-9,20H2,1-4H3. The summed E-state index contributed by atoms with van der Waals surface area (Å²) in [6.45, 7) is 5.83. The summed E-state index contributed by atoms with van der Waals surface area (Å²) in [5.41, 5.74) is 4.06. The summed E-state index contributed by atoms with van der Waals surface area (Å²) < 4.78 is 19.7. The lowest BCUT2D eigenvalue weighted by Gasteiger charge is -2.25. The number of ether oxygens (including phenoxy) is 3. The molecular weight excluding hydrogens is 584 g/mol. The largest absolute Gasteiger partial charge is 0.489 e. The molecular formula is C33H35BrN2O5. The van der Waals surface area contributed by atoms with E-state index in [2.05, 4.69) is 20.5 Å². The first-order valence-corrected chi connectivity index (χ1v) is 14.8. The maximum atomic E-state index is 12.5. The number of carbonyl (C=O) groups excluding carboxylic acids is 2. The maximum Gasteiger partial charge on any atom is 0.338 e. The van der Waals surface area contributed by atoms with E-state index >= 15 is 0 Å². The van der Waals surface area contributed by atoms with E-state index in [9.17, 15) is 9.59 Å². The highest BCUT2D eigenvalue weighted by Crippen LogP contribution is 2.37. The SMILES string of the molecule is COC(=O)c1ccc2nc(-c3ccc(OCc4cc(C(=O)OC(C)(C)C)ccc4Br)cc3)n(C3CCCCC3)c2c1. The predicted octanol–water partition coefficient (Wildman–Crippen LogP) is 8.29. The van der Waals surface area contributed by atoms with Gasteiger partial charge in [0.05, 0.1) is 29.3 Å². The van der Waals surface area contributed by atoms with Gasteiger partial charge in [0.2, 0.25) is 0 Å². The molecule has 1 fully saturated rings. The highest BCUT2D eigenvalue weighted by Gasteiger charge is 2.24. The Kier molecular flexibility index (Phi) is 8.50. The highest BCUT2D eigenvalue weighted by molar-refractivity contribution is 9.10. The lowest BCUT2D eigenvalue weighted by atomic mass is 9.94. The van der Waals surface area contributed by atoms with Gasteiger partial charge in [0.25, 0.3) is 0 Å². The van der Waals surface area contributed by atoms with E-state index in [1.165, 1.54) is 26.4 Å². The zero-order valence-corrected chi connectivity index (χ0v) is 25.5. The third-order valence-electron chi connectivity index (χ3n) is 7.24. The van der Waals surface area contributed by atoms with Crippen molar-refractivity contribution >= 4 is 38.9 Å². The number of carbonyl (C=O) groups is 2. The number of imidazole rings is 1. The Hall–Kier alpha value is -3.65. The molecule has 7 nitrogen and oxygen atoms in total. The van der Waals surface area contributed by atoms with Crippen molar-refractivity contribution in [2.24, 2.45) is 0 Å². The van der Waals surface area contributed by atoms with Gasteiger partial charge < -0.3 is 18.8 Å². The van der Waals surface area contributed by atoms with Gasteiger partial charge in [-0.25, -0.2) is 14.6 Å². The molecule has 0 atom stereocenters. The molecule has 41 heavy (non-hydrogen) atoms. The van der Waals surface area contributed by atoms with Crippen molar-refractivity contribution in [1.29, 1.82) is 0 Å². The van der Waals surface area contributed by atoms with E-state index in [1.54, 1.807) is 18.2 Å². The van der Waals surface area contributed by atoms with Gasteiger partial charge in [0, 0.05) is 21.6 Å². The minimum atomic E-state index is -0.566. The summed E-state index contributed by atoms with van der Waals surface area (Å²) in [6, 6.07) is 19.2. The maximum absolute atomic E-state index is 12.5. The number of fused-ring (bicyclic) bond motifs is 1. The molecule has 1 heterocycles. The Balaban J connectivity index is 1.39. The van der Waals surface area contributed by atoms with E-state index in [0.717, 1.165) is 45.3 Å². The third-order valence-corrected chi connectivity index (χ3v) is 8.01. The predicted molar refractivity (Wildman–Crippen MR) is 162 cm³/mol. The fourth-order valence-electron chi connectivity index (χ4n) is 5.26. The Bertz CT molecular complexity index is 1560. The Labute approximate surface area is 249 Å². The zero-order valence-electron chi connectivity index (χ0n) is 23.9. The van der Waals surface area contributed by atoms with E-state index in [-0.39, 0.29) is 18.5 Å². The lowest BCUT2D eigenvalue weighted by Crippen LogP contribution is -2.24. The van der Waals surface area contributed by atoms with Crippen LogP contribution >= 0.6 is 15.9 Å². The first-order chi connectivity index (χ1) is 19.6. The van der Waals surface area contributed by atoms with E-state index < -0.39 is 5.60 Å². The zero-order chi connectivity index (χ0) is 29.1. The van der Waals surface area contributed by atoms with Crippen molar-refractivity contribution in [1.82, 2.24) is 9.55 Å². The first-order valence-electron chi connectivity index (χ1n) is 14.0. The number of rotatable bonds is 7. The van der Waals surface area contributed by atoms with Crippen LogP contribution in [0.4, 0.5) is 0 Å². The topological polar surface area (TPSA) is 79.7 Å². The summed E-state index contributed by atoms with van der Waals surface area (Å²) in [5, 5.41) is 0. The van der Waals surface area contributed by atoms with Crippen molar-refractivity contribution in [3.05, 3.63) is 81.8 Å². The average Bonchev–Trinajstić information content (AvgIpc) is 3.35. The molecule has 8 heteroatoms. The number of aromatic nitrogens is 2. The molecule has 0 radical (unpaired) electrons. The molecule has 0 saturated heterocycles. The van der Waals surface area contributed by atoms with Gasteiger partial charge in [-0.3, -0.25) is 0 Å². The lowest BCUT2D eigenvalue weighted by molar-refractivity contribution is 0.00691. The van der Waals surface area contributed by atoms with Gasteiger partial charge in [-0.1, -0.05) is 35.2 Å². The van der Waals surface area contributed by atoms with Crippen LogP contribution in [-0.2, 0) is 16.1 Å². The van der Waals surface area contributed by atoms with Crippen LogP contribution < -0.4 is 4.74 Å². The smallest absolute Gasteiger partial charge is 0.338 e. The number of hydrogen-bond donors (Lipinski definition) is 0. The van der Waals surface area contributed by atoms with Gasteiger partial charge in [0.1, 0.15) is 23.8 Å². The third kappa shape index (κ3) is 6.64. The molecule has 4 aromatic rings. The molecule has 1 aliphatic rings. The van der Waals surface area contributed by atoms with Crippen molar-refractivity contribution < 1.29 is 23.8 Å². The Morgan fingerprint density at radius 1 is 0.927 bits per heavy atom. The number of benzene rings is 3. The van der Waals surface area contributed by atoms with E-state index in [1.807, 2.05) is 63.2 Å². The Morgan fingerprint density at radius 3 is 2.29 bits per heavy atom. The number of halogens is 1. The quantitative estimate of drug-likeness (QED) is 0.194. The van der Waals surface area contributed by atoms with Crippen LogP contribution in [0.25, 0.3) is 22.4 Å². The number of esters is 2. The molecule has 214 valence electrons. The second kappa shape index (κ2) is 12.1. The van der Waals surface area contributed by atoms with Crippen molar-refractivity contribution in [3.8, 4) is 17.1 Å². The average molecular weight is 620 g/mol. The summed E-state index contributed by atoms with van der Waals surface area (Å²) in [5.74, 6) is 0.870. The monoisotopic (exact) mass is 618 g/mol. The molecule has 3 aromatic carbocycles. The van der Waals surface area contributed by atoms with Crippen molar-refractivity contribution in [3.63, 3.8) is 0 Å². The van der Waals surface area contributed by atoms with Crippen LogP contribution in [0.1, 0.15) is 85.2 Å². The molecule has 0 aliphatic heterocycles. The molecule has 1 aromatic heterocycles. The Morgan fingerprint density at radius 2 is 1.61 bits per heavy atom. The highest BCUT2D eigenvalue weighted by atomic mass is 79.9. The second-order valence-corrected chi connectivity index (χ2v) is 12.3. The van der Waals surface area contributed by atoms with Crippen molar-refractivity contribution in [2.75, 3.05) is 7.11 Å². The summed E-state index contributed by atoms with van der Waals surface area (Å²) >= 11 is 3.57. The molecule has 0 N–H and O–H groups in total. The fourth-order valence-corrected chi connectivity index (χ4v) is 5.62. The van der Waals surface area contributed by atoms with Gasteiger partial charge >= 0.3 is 11.9 Å². The molecule has 0 amide bonds. The first kappa shape index (κ1) is 28.9. The number of hydrogen-bond acceptors (Lipinski definition) is 6. The van der Waals surface area contributed by atoms with Gasteiger partial charge in [-0.05, 0) is 94.3 Å². The minimum Gasteiger partial charge on any atom is -0.489 e. The number of methoxy groups -OCH3 is 1. The molecule has 1 aliphatic carbocycles. The van der Waals surface area contributed by atoms with Gasteiger partial charge in [-0.15, -0.1) is 0 Å². The molecule has 0 spiro atoms. The second-order valence-electron chi connectivity index (χ2n) is 11.4.